The van der Waals surface area contributed by atoms with Gasteiger partial charge in [-0.05, 0) is 24.3 Å². The van der Waals surface area contributed by atoms with E-state index in [1.165, 1.54) is 0 Å². The number of halogens is 5. The van der Waals surface area contributed by atoms with Crippen molar-refractivity contribution in [3.05, 3.63) is 86.4 Å². The van der Waals surface area contributed by atoms with Crippen molar-refractivity contribution < 1.29 is 22.3 Å². The van der Waals surface area contributed by atoms with Crippen molar-refractivity contribution in [1.82, 2.24) is 9.55 Å². The number of nitriles is 1. The summed E-state index contributed by atoms with van der Waals surface area (Å²) >= 11 is 5.87. The minimum atomic E-state index is -1.17. The maximum absolute atomic E-state index is 14.1. The van der Waals surface area contributed by atoms with Gasteiger partial charge in [-0.15, -0.1) is 0 Å². The van der Waals surface area contributed by atoms with Crippen molar-refractivity contribution in [2.75, 3.05) is 0 Å². The zero-order chi connectivity index (χ0) is 20.4. The summed E-state index contributed by atoms with van der Waals surface area (Å²) in [6.07, 6.45) is 0.776. The van der Waals surface area contributed by atoms with Crippen molar-refractivity contribution >= 4 is 11.6 Å². The number of hydrogen-bond acceptors (Lipinski definition) is 4. The van der Waals surface area contributed by atoms with Gasteiger partial charge >= 0.3 is 0 Å². The molecule has 0 radical (unpaired) electrons. The molecule has 3 rings (SSSR count). The summed E-state index contributed by atoms with van der Waals surface area (Å²) in [5.74, 6) is -4.38. The lowest BCUT2D eigenvalue weighted by Gasteiger charge is -2.11. The van der Waals surface area contributed by atoms with Crippen LogP contribution in [-0.4, -0.2) is 9.55 Å². The molecule has 142 valence electrons. The van der Waals surface area contributed by atoms with Crippen LogP contribution in [0.25, 0.3) is 5.69 Å². The number of aromatic nitrogens is 2. The Morgan fingerprint density at radius 3 is 2.39 bits per heavy atom. The normalized spacial score (nSPS) is 10.6. The zero-order valence-electron chi connectivity index (χ0n) is 13.7. The highest BCUT2D eigenvalue weighted by Crippen LogP contribution is 2.23. The lowest BCUT2D eigenvalue weighted by atomic mass is 10.2. The van der Waals surface area contributed by atoms with Crippen LogP contribution >= 0.6 is 11.6 Å². The van der Waals surface area contributed by atoms with E-state index < -0.39 is 52.0 Å². The van der Waals surface area contributed by atoms with Gasteiger partial charge in [-0.2, -0.15) is 5.26 Å². The first-order chi connectivity index (χ1) is 13.3. The molecule has 2 aromatic carbocycles. The van der Waals surface area contributed by atoms with Gasteiger partial charge in [-0.1, -0.05) is 11.6 Å². The molecule has 10 heteroatoms. The second-order valence-electron chi connectivity index (χ2n) is 5.46. The predicted molar refractivity (Wildman–Crippen MR) is 90.2 cm³/mol. The Morgan fingerprint density at radius 2 is 1.79 bits per heavy atom. The quantitative estimate of drug-likeness (QED) is 0.613. The predicted octanol–water partition coefficient (Wildman–Crippen LogP) is 3.89. The van der Waals surface area contributed by atoms with E-state index in [9.17, 15) is 22.4 Å². The average molecular weight is 410 g/mol. The molecule has 0 bridgehead atoms. The fourth-order valence-electron chi connectivity index (χ4n) is 2.32. The van der Waals surface area contributed by atoms with Gasteiger partial charge in [0.15, 0.2) is 16.7 Å². The molecular formula is C18H8ClF4N3O2. The molecule has 28 heavy (non-hydrogen) atoms. The van der Waals surface area contributed by atoms with Crippen LogP contribution in [0.2, 0.25) is 5.02 Å². The Hall–Kier alpha value is -3.38. The van der Waals surface area contributed by atoms with E-state index in [0.717, 1.165) is 30.6 Å². The van der Waals surface area contributed by atoms with Gasteiger partial charge in [-0.25, -0.2) is 22.5 Å². The highest BCUT2D eigenvalue weighted by Gasteiger charge is 2.19. The molecule has 0 fully saturated rings. The van der Waals surface area contributed by atoms with E-state index in [2.05, 4.69) is 4.98 Å². The molecule has 5 nitrogen and oxygen atoms in total. The minimum absolute atomic E-state index is 0.0207. The first kappa shape index (κ1) is 19.4. The number of ether oxygens (including phenoxy) is 1. The van der Waals surface area contributed by atoms with Crippen LogP contribution in [0, 0.1) is 34.6 Å². The highest BCUT2D eigenvalue weighted by molar-refractivity contribution is 6.31. The summed E-state index contributed by atoms with van der Waals surface area (Å²) < 4.78 is 60.4. The monoisotopic (exact) mass is 409 g/mol. The Morgan fingerprint density at radius 1 is 1.11 bits per heavy atom. The molecule has 0 saturated heterocycles. The van der Waals surface area contributed by atoms with E-state index >= 15 is 0 Å². The first-order valence-electron chi connectivity index (χ1n) is 7.55. The number of nitrogens with zero attached hydrogens (tertiary/aromatic N) is 3. The first-order valence-corrected chi connectivity index (χ1v) is 7.93. The molecule has 1 heterocycles. The second kappa shape index (κ2) is 7.70. The van der Waals surface area contributed by atoms with Gasteiger partial charge in [0, 0.05) is 11.6 Å². The Labute approximate surface area is 160 Å². The maximum atomic E-state index is 14.1. The third kappa shape index (κ3) is 3.68. The fourth-order valence-corrected chi connectivity index (χ4v) is 2.52. The summed E-state index contributed by atoms with van der Waals surface area (Å²) in [6, 6.07) is 5.89. The standard InChI is InChI=1S/C18H8ClF4N3O2/c19-15-17(28-7-10-1-2-11(20)5-12(10)21)25-8-26(18(15)27)16-13(22)3-9(6-24)4-14(16)23/h1-5,8H,7H2. The highest BCUT2D eigenvalue weighted by atomic mass is 35.5. The van der Waals surface area contributed by atoms with E-state index in [0.29, 0.717) is 10.6 Å². The molecule has 0 unspecified atom stereocenters. The number of rotatable bonds is 4. The Bertz CT molecular complexity index is 1150. The van der Waals surface area contributed by atoms with Crippen molar-refractivity contribution in [1.29, 1.82) is 5.26 Å². The van der Waals surface area contributed by atoms with Gasteiger partial charge in [0.2, 0.25) is 5.88 Å². The summed E-state index contributed by atoms with van der Waals surface area (Å²) in [6.45, 7) is -0.415. The van der Waals surface area contributed by atoms with Gasteiger partial charge in [0.1, 0.15) is 30.3 Å². The smallest absolute Gasteiger partial charge is 0.280 e. The molecule has 0 amide bonds. The molecule has 0 aliphatic rings. The minimum Gasteiger partial charge on any atom is -0.471 e. The molecule has 0 spiro atoms. The Kier molecular flexibility index (Phi) is 5.33. The van der Waals surface area contributed by atoms with Crippen LogP contribution in [0.3, 0.4) is 0 Å². The third-order valence-electron chi connectivity index (χ3n) is 3.65. The average Bonchev–Trinajstić information content (AvgIpc) is 2.65. The molecule has 0 atom stereocenters. The molecular weight excluding hydrogens is 402 g/mol. The van der Waals surface area contributed by atoms with Crippen molar-refractivity contribution in [3.8, 4) is 17.6 Å². The summed E-state index contributed by atoms with van der Waals surface area (Å²) in [4.78, 5) is 16.1. The summed E-state index contributed by atoms with van der Waals surface area (Å²) in [5.41, 5.74) is -2.11. The van der Waals surface area contributed by atoms with E-state index in [-0.39, 0.29) is 11.1 Å². The summed E-state index contributed by atoms with van der Waals surface area (Å²) in [5, 5.41) is 8.12. The summed E-state index contributed by atoms with van der Waals surface area (Å²) in [7, 11) is 0. The van der Waals surface area contributed by atoms with Crippen molar-refractivity contribution in [3.63, 3.8) is 0 Å². The molecule has 0 aliphatic carbocycles. The van der Waals surface area contributed by atoms with Crippen LogP contribution in [0.15, 0.2) is 41.5 Å². The lowest BCUT2D eigenvalue weighted by Crippen LogP contribution is -2.22. The topological polar surface area (TPSA) is 67.9 Å². The second-order valence-corrected chi connectivity index (χ2v) is 5.84. The molecule has 0 aliphatic heterocycles. The van der Waals surface area contributed by atoms with Crippen LogP contribution < -0.4 is 10.3 Å². The van der Waals surface area contributed by atoms with Gasteiger partial charge in [-0.3, -0.25) is 9.36 Å². The molecule has 3 aromatic rings. The van der Waals surface area contributed by atoms with Gasteiger partial charge in [0.25, 0.3) is 5.56 Å². The fraction of sp³-hybridized carbons (Fsp3) is 0.0556. The zero-order valence-corrected chi connectivity index (χ0v) is 14.5. The molecule has 1 aromatic heterocycles. The van der Waals surface area contributed by atoms with Crippen molar-refractivity contribution in [2.24, 2.45) is 0 Å². The maximum Gasteiger partial charge on any atom is 0.280 e. The van der Waals surface area contributed by atoms with Gasteiger partial charge in [0.05, 0.1) is 11.6 Å². The molecule has 0 N–H and O–H groups in total. The van der Waals surface area contributed by atoms with Crippen LogP contribution in [0.4, 0.5) is 17.6 Å². The third-order valence-corrected chi connectivity index (χ3v) is 3.97. The number of benzene rings is 2. The largest absolute Gasteiger partial charge is 0.471 e. The van der Waals surface area contributed by atoms with E-state index in [1.807, 2.05) is 0 Å². The van der Waals surface area contributed by atoms with Crippen molar-refractivity contribution in [2.45, 2.75) is 6.61 Å². The Balaban J connectivity index is 1.94. The van der Waals surface area contributed by atoms with E-state index in [1.54, 1.807) is 6.07 Å². The van der Waals surface area contributed by atoms with Crippen LogP contribution in [0.5, 0.6) is 5.88 Å². The SMILES string of the molecule is N#Cc1cc(F)c(-n2cnc(OCc3ccc(F)cc3F)c(Cl)c2=O)c(F)c1. The number of hydrogen-bond donors (Lipinski definition) is 0. The van der Waals surface area contributed by atoms with E-state index in [4.69, 9.17) is 21.6 Å². The van der Waals surface area contributed by atoms with Crippen LogP contribution in [-0.2, 0) is 6.61 Å². The van der Waals surface area contributed by atoms with Crippen LogP contribution in [0.1, 0.15) is 11.1 Å². The lowest BCUT2D eigenvalue weighted by molar-refractivity contribution is 0.286. The van der Waals surface area contributed by atoms with Gasteiger partial charge < -0.3 is 4.74 Å². The molecule has 0 saturated carbocycles.